The van der Waals surface area contributed by atoms with Crippen LogP contribution in [0.4, 0.5) is 16.8 Å². The number of fused-ring (bicyclic) bond motifs is 1. The van der Waals surface area contributed by atoms with E-state index in [1.54, 1.807) is 11.3 Å². The second-order valence-electron chi connectivity index (χ2n) is 8.14. The summed E-state index contributed by atoms with van der Waals surface area (Å²) in [4.78, 5) is 16.5. The molecular formula is C21H25N7OS. The quantitative estimate of drug-likeness (QED) is 0.477. The minimum absolute atomic E-state index is 0.0349. The first kappa shape index (κ1) is 19.2. The summed E-state index contributed by atoms with van der Waals surface area (Å²) in [5, 5.41) is 17.0. The van der Waals surface area contributed by atoms with Gasteiger partial charge in [0.2, 0.25) is 5.95 Å². The molecule has 2 aliphatic rings. The number of hydrogen-bond donors (Lipinski definition) is 4. The molecule has 5 rings (SSSR count). The van der Waals surface area contributed by atoms with Crippen LogP contribution in [0, 0.1) is 0 Å². The van der Waals surface area contributed by atoms with E-state index < -0.39 is 5.91 Å². The van der Waals surface area contributed by atoms with Gasteiger partial charge in [-0.05, 0) is 48.6 Å². The van der Waals surface area contributed by atoms with Crippen LogP contribution < -0.4 is 22.1 Å². The molecule has 2 aliphatic carbocycles. The smallest absolute Gasteiger partial charge is 0.273 e. The number of primary amides is 1. The average Bonchev–Trinajstić information content (AvgIpc) is 3.50. The summed E-state index contributed by atoms with van der Waals surface area (Å²) in [6.07, 6.45) is 6.55. The highest BCUT2D eigenvalue weighted by atomic mass is 32.1. The van der Waals surface area contributed by atoms with Gasteiger partial charge in [-0.3, -0.25) is 4.79 Å². The molecule has 2 fully saturated rings. The van der Waals surface area contributed by atoms with Crippen LogP contribution in [0.15, 0.2) is 24.3 Å². The lowest BCUT2D eigenvalue weighted by Gasteiger charge is -2.29. The Morgan fingerprint density at radius 2 is 1.90 bits per heavy atom. The Morgan fingerprint density at radius 3 is 2.67 bits per heavy atom. The van der Waals surface area contributed by atoms with Crippen molar-refractivity contribution in [3.63, 3.8) is 0 Å². The van der Waals surface area contributed by atoms with Gasteiger partial charge in [-0.25, -0.2) is 0 Å². The largest absolute Gasteiger partial charge is 0.364 e. The minimum Gasteiger partial charge on any atom is -0.364 e. The summed E-state index contributed by atoms with van der Waals surface area (Å²) < 4.78 is 1.20. The fraction of sp³-hybridized carbons (Fsp3) is 0.429. The maximum absolute atomic E-state index is 12.0. The Morgan fingerprint density at radius 1 is 1.10 bits per heavy atom. The lowest BCUT2D eigenvalue weighted by molar-refractivity contribution is 0.0995. The van der Waals surface area contributed by atoms with Crippen LogP contribution in [-0.2, 0) is 0 Å². The van der Waals surface area contributed by atoms with E-state index in [4.69, 9.17) is 11.5 Å². The molecule has 30 heavy (non-hydrogen) atoms. The molecule has 6 N–H and O–H groups in total. The van der Waals surface area contributed by atoms with Gasteiger partial charge in [-0.2, -0.15) is 4.98 Å². The first-order valence-electron chi connectivity index (χ1n) is 10.4. The van der Waals surface area contributed by atoms with E-state index in [2.05, 4.69) is 44.0 Å². The second kappa shape index (κ2) is 7.81. The van der Waals surface area contributed by atoms with Gasteiger partial charge in [-0.15, -0.1) is 21.5 Å². The van der Waals surface area contributed by atoms with E-state index in [1.165, 1.54) is 28.5 Å². The summed E-state index contributed by atoms with van der Waals surface area (Å²) in [6, 6.07) is 8.51. The summed E-state index contributed by atoms with van der Waals surface area (Å²) in [6.45, 7) is 0. The number of thiophene rings is 1. The molecule has 9 heteroatoms. The SMILES string of the molecule is NC(=O)c1nnc(N[C@@H]2CCCC[C@@H]2N)nc1Nc1sc2ccccc2c1C1CC1. The minimum atomic E-state index is -0.660. The standard InChI is InChI=1S/C21H25N7OS/c22-13-6-2-3-7-14(13)24-21-26-19(17(18(23)29)27-28-21)25-20-16(11-9-10-11)12-5-1-4-8-15(12)30-20/h1,4-5,8,11,13-14H,2-3,6-7,9-10,22H2,(H2,23,29)(H2,24,25,26,28)/t13-,14+/m0/s1. The highest BCUT2D eigenvalue weighted by molar-refractivity contribution is 7.23. The third-order valence-corrected chi connectivity index (χ3v) is 7.01. The van der Waals surface area contributed by atoms with E-state index >= 15 is 0 Å². The fourth-order valence-corrected chi connectivity index (χ4v) is 5.38. The van der Waals surface area contributed by atoms with Crippen molar-refractivity contribution in [2.75, 3.05) is 10.6 Å². The highest BCUT2D eigenvalue weighted by Gasteiger charge is 2.31. The number of amides is 1. The number of nitrogens with zero attached hydrogens (tertiary/aromatic N) is 3. The van der Waals surface area contributed by atoms with E-state index in [1.807, 2.05) is 6.07 Å². The van der Waals surface area contributed by atoms with Gasteiger partial charge in [0.15, 0.2) is 11.5 Å². The number of hydrogen-bond acceptors (Lipinski definition) is 8. The molecule has 0 bridgehead atoms. The maximum atomic E-state index is 12.0. The Kier molecular flexibility index (Phi) is 5.00. The summed E-state index contributed by atoms with van der Waals surface area (Å²) in [5.74, 6) is 0.567. The van der Waals surface area contributed by atoms with E-state index in [0.29, 0.717) is 17.7 Å². The molecule has 8 nitrogen and oxygen atoms in total. The predicted octanol–water partition coefficient (Wildman–Crippen LogP) is 3.49. The van der Waals surface area contributed by atoms with Crippen LogP contribution >= 0.6 is 11.3 Å². The number of carbonyl (C=O) groups excluding carboxylic acids is 1. The number of carbonyl (C=O) groups is 1. The zero-order valence-corrected chi connectivity index (χ0v) is 17.4. The van der Waals surface area contributed by atoms with Crippen molar-refractivity contribution < 1.29 is 4.79 Å². The fourth-order valence-electron chi connectivity index (χ4n) is 4.19. The molecule has 0 aliphatic heterocycles. The van der Waals surface area contributed by atoms with Gasteiger partial charge in [0.1, 0.15) is 0 Å². The van der Waals surface area contributed by atoms with Gasteiger partial charge in [0, 0.05) is 16.8 Å². The van der Waals surface area contributed by atoms with E-state index in [0.717, 1.165) is 30.7 Å². The molecule has 0 saturated heterocycles. The molecule has 2 aromatic heterocycles. The Hall–Kier alpha value is -2.78. The molecule has 0 unspecified atom stereocenters. The van der Waals surface area contributed by atoms with E-state index in [-0.39, 0.29) is 17.8 Å². The van der Waals surface area contributed by atoms with Crippen molar-refractivity contribution in [3.05, 3.63) is 35.5 Å². The van der Waals surface area contributed by atoms with Crippen molar-refractivity contribution in [2.45, 2.75) is 56.5 Å². The number of rotatable bonds is 6. The lowest BCUT2D eigenvalue weighted by atomic mass is 9.91. The third kappa shape index (κ3) is 3.70. The van der Waals surface area contributed by atoms with Crippen molar-refractivity contribution in [2.24, 2.45) is 11.5 Å². The van der Waals surface area contributed by atoms with Crippen LogP contribution in [0.3, 0.4) is 0 Å². The van der Waals surface area contributed by atoms with Crippen LogP contribution in [0.2, 0.25) is 0 Å². The number of nitrogens with two attached hydrogens (primary N) is 2. The number of anilines is 3. The number of benzene rings is 1. The van der Waals surface area contributed by atoms with Crippen molar-refractivity contribution >= 4 is 44.1 Å². The summed E-state index contributed by atoms with van der Waals surface area (Å²) in [5.41, 5.74) is 13.1. The van der Waals surface area contributed by atoms with Gasteiger partial charge < -0.3 is 22.1 Å². The predicted molar refractivity (Wildman–Crippen MR) is 119 cm³/mol. The molecule has 1 aromatic carbocycles. The van der Waals surface area contributed by atoms with Crippen LogP contribution in [-0.4, -0.2) is 33.2 Å². The summed E-state index contributed by atoms with van der Waals surface area (Å²) in [7, 11) is 0. The maximum Gasteiger partial charge on any atom is 0.273 e. The van der Waals surface area contributed by atoms with Gasteiger partial charge in [-0.1, -0.05) is 31.0 Å². The topological polar surface area (TPSA) is 132 Å². The molecule has 2 heterocycles. The molecule has 2 atom stereocenters. The van der Waals surface area contributed by atoms with Gasteiger partial charge >= 0.3 is 0 Å². The number of aromatic nitrogens is 3. The molecule has 0 spiro atoms. The zero-order valence-electron chi connectivity index (χ0n) is 16.6. The molecule has 156 valence electrons. The van der Waals surface area contributed by atoms with Crippen molar-refractivity contribution in [1.82, 2.24) is 15.2 Å². The lowest BCUT2D eigenvalue weighted by Crippen LogP contribution is -2.43. The van der Waals surface area contributed by atoms with Crippen LogP contribution in [0.1, 0.15) is 60.5 Å². The normalized spacial score (nSPS) is 21.5. The average molecular weight is 424 g/mol. The molecule has 1 amide bonds. The monoisotopic (exact) mass is 423 g/mol. The number of nitrogens with one attached hydrogen (secondary N) is 2. The van der Waals surface area contributed by atoms with Crippen LogP contribution in [0.25, 0.3) is 10.1 Å². The van der Waals surface area contributed by atoms with Crippen molar-refractivity contribution in [1.29, 1.82) is 0 Å². The third-order valence-electron chi connectivity index (χ3n) is 5.91. The Bertz CT molecular complexity index is 1090. The molecule has 0 radical (unpaired) electrons. The Balaban J connectivity index is 1.49. The van der Waals surface area contributed by atoms with Gasteiger partial charge in [0.25, 0.3) is 5.91 Å². The second-order valence-corrected chi connectivity index (χ2v) is 9.19. The molecule has 3 aromatic rings. The van der Waals surface area contributed by atoms with E-state index in [9.17, 15) is 4.79 Å². The Labute approximate surface area is 178 Å². The first-order valence-corrected chi connectivity index (χ1v) is 11.3. The van der Waals surface area contributed by atoms with Crippen molar-refractivity contribution in [3.8, 4) is 0 Å². The first-order chi connectivity index (χ1) is 14.6. The summed E-state index contributed by atoms with van der Waals surface area (Å²) >= 11 is 1.66. The van der Waals surface area contributed by atoms with Crippen LogP contribution in [0.5, 0.6) is 0 Å². The molecular weight excluding hydrogens is 398 g/mol. The highest BCUT2D eigenvalue weighted by Crippen LogP contribution is 2.51. The van der Waals surface area contributed by atoms with Gasteiger partial charge in [0.05, 0.1) is 5.00 Å². The zero-order chi connectivity index (χ0) is 20.7. The molecule has 2 saturated carbocycles.